The molecule has 1 amide bonds. The fourth-order valence-corrected chi connectivity index (χ4v) is 0.811. The number of hydrogen-bond acceptors (Lipinski definition) is 3. The highest BCUT2D eigenvalue weighted by Crippen LogP contribution is 2.13. The molecule has 0 bridgehead atoms. The van der Waals surface area contributed by atoms with E-state index in [1.807, 2.05) is 0 Å². The van der Waals surface area contributed by atoms with E-state index < -0.39 is 8.03 Å². The first kappa shape index (κ1) is 9.66. The van der Waals surface area contributed by atoms with Gasteiger partial charge in [0.25, 0.3) is 0 Å². The number of nitrogens with one attached hydrogen (secondary N) is 1. The topological polar surface area (TPSA) is 55.4 Å². The fraction of sp³-hybridized carbons (Fsp3) is 0.800. The number of amides is 1. The minimum absolute atomic E-state index is 0.0978. The van der Waals surface area contributed by atoms with Gasteiger partial charge in [-0.3, -0.25) is 9.36 Å². The maximum atomic E-state index is 10.3. The van der Waals surface area contributed by atoms with Gasteiger partial charge in [0.05, 0.1) is 6.61 Å². The lowest BCUT2D eigenvalue weighted by atomic mass is 10.6. The van der Waals surface area contributed by atoms with Gasteiger partial charge in [0.15, 0.2) is 8.03 Å². The summed E-state index contributed by atoms with van der Waals surface area (Å²) in [6.45, 7) is 3.70. The fourth-order valence-electron chi connectivity index (χ4n) is 0.422. The maximum Gasteiger partial charge on any atom is 0.216 e. The molecular formula is C5H12NO3P. The Hall–Kier alpha value is -0.340. The van der Waals surface area contributed by atoms with Gasteiger partial charge in [-0.25, -0.2) is 0 Å². The van der Waals surface area contributed by atoms with Gasteiger partial charge in [-0.15, -0.1) is 0 Å². The molecule has 0 aromatic rings. The Morgan fingerprint density at radius 1 is 1.70 bits per heavy atom. The first-order valence-electron chi connectivity index (χ1n) is 3.00. The third kappa shape index (κ3) is 7.66. The summed E-state index contributed by atoms with van der Waals surface area (Å²) < 4.78 is 15.1. The Morgan fingerprint density at radius 3 is 2.70 bits per heavy atom. The number of carbonyl (C=O) groups excluding carboxylic acids is 1. The van der Waals surface area contributed by atoms with Crippen molar-refractivity contribution in [1.82, 2.24) is 5.32 Å². The summed E-state index contributed by atoms with van der Waals surface area (Å²) in [7, 11) is -1.83. The molecule has 0 aromatic heterocycles. The standard InChI is InChI=1S/C5H12NO3P/c1-5(7)6-3-4-9-10(2)8/h10H,3-4H2,1-2H3,(H,6,7). The third-order valence-electron chi connectivity index (χ3n) is 0.781. The van der Waals surface area contributed by atoms with Crippen LogP contribution in [0.15, 0.2) is 0 Å². The zero-order chi connectivity index (χ0) is 7.98. The summed E-state index contributed by atoms with van der Waals surface area (Å²) in [4.78, 5) is 10.3. The molecule has 4 nitrogen and oxygen atoms in total. The van der Waals surface area contributed by atoms with Crippen molar-refractivity contribution in [3.63, 3.8) is 0 Å². The van der Waals surface area contributed by atoms with Crippen LogP contribution in [0.1, 0.15) is 6.92 Å². The van der Waals surface area contributed by atoms with Gasteiger partial charge in [0, 0.05) is 20.1 Å². The molecule has 10 heavy (non-hydrogen) atoms. The maximum absolute atomic E-state index is 10.3. The van der Waals surface area contributed by atoms with Gasteiger partial charge in [-0.05, 0) is 0 Å². The van der Waals surface area contributed by atoms with Gasteiger partial charge in [-0.2, -0.15) is 0 Å². The molecule has 0 saturated carbocycles. The molecule has 5 heteroatoms. The predicted octanol–water partition coefficient (Wildman–Crippen LogP) is 0.244. The molecule has 0 aromatic carbocycles. The van der Waals surface area contributed by atoms with Crippen LogP contribution in [0.25, 0.3) is 0 Å². The van der Waals surface area contributed by atoms with E-state index in [1.54, 1.807) is 0 Å². The lowest BCUT2D eigenvalue weighted by Gasteiger charge is -2.00. The van der Waals surface area contributed by atoms with Crippen molar-refractivity contribution in [3.8, 4) is 0 Å². The Morgan fingerprint density at radius 2 is 2.30 bits per heavy atom. The van der Waals surface area contributed by atoms with Gasteiger partial charge in [-0.1, -0.05) is 0 Å². The molecule has 60 valence electrons. The highest BCUT2D eigenvalue weighted by molar-refractivity contribution is 7.38. The predicted molar refractivity (Wildman–Crippen MR) is 39.6 cm³/mol. The molecule has 0 radical (unpaired) electrons. The highest BCUT2D eigenvalue weighted by atomic mass is 31.1. The van der Waals surface area contributed by atoms with Gasteiger partial charge in [0.2, 0.25) is 5.91 Å². The Bertz CT molecular complexity index is 121. The molecule has 0 rings (SSSR count). The van der Waals surface area contributed by atoms with Crippen molar-refractivity contribution >= 4 is 13.9 Å². The summed E-state index contributed by atoms with van der Waals surface area (Å²) in [5.41, 5.74) is 0. The van der Waals surface area contributed by atoms with Gasteiger partial charge in [0.1, 0.15) is 0 Å². The molecule has 0 saturated heterocycles. The van der Waals surface area contributed by atoms with E-state index in [0.29, 0.717) is 13.2 Å². The molecule has 0 aliphatic rings. The van der Waals surface area contributed by atoms with E-state index in [0.717, 1.165) is 0 Å². The van der Waals surface area contributed by atoms with E-state index in [1.165, 1.54) is 13.6 Å². The first-order valence-corrected chi connectivity index (χ1v) is 4.82. The number of hydrogen-bond donors (Lipinski definition) is 1. The zero-order valence-corrected chi connectivity index (χ0v) is 7.14. The van der Waals surface area contributed by atoms with Gasteiger partial charge < -0.3 is 9.84 Å². The van der Waals surface area contributed by atoms with Crippen molar-refractivity contribution in [2.45, 2.75) is 6.92 Å². The second-order valence-corrected chi connectivity index (χ2v) is 3.09. The molecule has 0 spiro atoms. The van der Waals surface area contributed by atoms with Crippen LogP contribution in [0.2, 0.25) is 0 Å². The molecule has 0 aliphatic carbocycles. The summed E-state index contributed by atoms with van der Waals surface area (Å²) in [6, 6.07) is 0. The lowest BCUT2D eigenvalue weighted by molar-refractivity contribution is -0.119. The van der Waals surface area contributed by atoms with Crippen LogP contribution in [0.5, 0.6) is 0 Å². The smallest absolute Gasteiger partial charge is 0.216 e. The molecule has 0 fully saturated rings. The molecular weight excluding hydrogens is 153 g/mol. The third-order valence-corrected chi connectivity index (χ3v) is 1.39. The molecule has 1 atom stereocenters. The molecule has 1 unspecified atom stereocenters. The molecule has 1 N–H and O–H groups in total. The van der Waals surface area contributed by atoms with Crippen molar-refractivity contribution in [2.75, 3.05) is 19.8 Å². The van der Waals surface area contributed by atoms with Gasteiger partial charge >= 0.3 is 0 Å². The average Bonchev–Trinajstić information content (AvgIpc) is 1.79. The lowest BCUT2D eigenvalue weighted by Crippen LogP contribution is -2.23. The minimum Gasteiger partial charge on any atom is -0.354 e. The summed E-state index contributed by atoms with van der Waals surface area (Å²) >= 11 is 0. The summed E-state index contributed by atoms with van der Waals surface area (Å²) in [6.07, 6.45) is 0. The minimum atomic E-state index is -1.83. The number of carbonyl (C=O) groups is 1. The van der Waals surface area contributed by atoms with E-state index in [-0.39, 0.29) is 5.91 Å². The second-order valence-electron chi connectivity index (χ2n) is 1.82. The van der Waals surface area contributed by atoms with Crippen LogP contribution >= 0.6 is 8.03 Å². The van der Waals surface area contributed by atoms with Crippen molar-refractivity contribution in [3.05, 3.63) is 0 Å². The Balaban J connectivity index is 3.06. The monoisotopic (exact) mass is 165 g/mol. The first-order chi connectivity index (χ1) is 4.63. The Labute approximate surface area is 60.8 Å². The largest absolute Gasteiger partial charge is 0.354 e. The molecule has 0 aliphatic heterocycles. The molecule has 0 heterocycles. The zero-order valence-electron chi connectivity index (χ0n) is 6.14. The van der Waals surface area contributed by atoms with E-state index in [4.69, 9.17) is 4.52 Å². The summed E-state index contributed by atoms with van der Waals surface area (Å²) in [5, 5.41) is 2.51. The normalized spacial score (nSPS) is 12.6. The SMILES string of the molecule is CC(=O)NCCO[PH](C)=O. The van der Waals surface area contributed by atoms with Crippen molar-refractivity contribution in [2.24, 2.45) is 0 Å². The highest BCUT2D eigenvalue weighted by Gasteiger charge is 1.91. The number of rotatable bonds is 4. The van der Waals surface area contributed by atoms with Crippen LogP contribution in [-0.4, -0.2) is 25.7 Å². The van der Waals surface area contributed by atoms with Crippen LogP contribution in [0.4, 0.5) is 0 Å². The van der Waals surface area contributed by atoms with E-state index in [9.17, 15) is 9.36 Å². The van der Waals surface area contributed by atoms with Crippen LogP contribution in [0.3, 0.4) is 0 Å². The van der Waals surface area contributed by atoms with Crippen LogP contribution in [0, 0.1) is 0 Å². The van der Waals surface area contributed by atoms with Crippen molar-refractivity contribution < 1.29 is 13.9 Å². The van der Waals surface area contributed by atoms with E-state index >= 15 is 0 Å². The summed E-state index contributed by atoms with van der Waals surface area (Å²) in [5.74, 6) is -0.0978. The van der Waals surface area contributed by atoms with Crippen LogP contribution < -0.4 is 5.32 Å². The Kier molecular flexibility index (Phi) is 5.26. The van der Waals surface area contributed by atoms with Crippen LogP contribution in [-0.2, 0) is 13.9 Å². The van der Waals surface area contributed by atoms with E-state index in [2.05, 4.69) is 5.32 Å². The second kappa shape index (κ2) is 5.45. The quantitative estimate of drug-likeness (QED) is 0.479. The average molecular weight is 165 g/mol. The van der Waals surface area contributed by atoms with Crippen molar-refractivity contribution in [1.29, 1.82) is 0 Å².